The Kier molecular flexibility index (Phi) is 17.2. The van der Waals surface area contributed by atoms with Crippen LogP contribution in [0.1, 0.15) is 180 Å². The van der Waals surface area contributed by atoms with Crippen molar-refractivity contribution in [3.8, 4) is 23.3 Å². The van der Waals surface area contributed by atoms with E-state index in [1.807, 2.05) is 25.2 Å². The van der Waals surface area contributed by atoms with E-state index in [1.165, 1.54) is 33.0 Å². The molecule has 16 atom stereocenters. The van der Waals surface area contributed by atoms with Crippen molar-refractivity contribution in [3.05, 3.63) is 224 Å². The van der Waals surface area contributed by atoms with E-state index in [4.69, 9.17) is 25.9 Å². The van der Waals surface area contributed by atoms with E-state index in [2.05, 4.69) is 139 Å². The van der Waals surface area contributed by atoms with Gasteiger partial charge in [0.1, 0.15) is 17.6 Å². The Bertz CT molecular complexity index is 4310. The lowest BCUT2D eigenvalue weighted by atomic mass is 9.52. The minimum atomic E-state index is -4.73. The quantitative estimate of drug-likeness (QED) is 0.0222. The van der Waals surface area contributed by atoms with Crippen LogP contribution in [0.4, 0.5) is 0 Å². The average Bonchev–Trinajstić information content (AvgIpc) is 0.935. The number of fused-ring (bicyclic) bond motifs is 13. The van der Waals surface area contributed by atoms with Crippen molar-refractivity contribution in [2.75, 3.05) is 13.7 Å². The van der Waals surface area contributed by atoms with Crippen LogP contribution >= 0.6 is 0 Å². The summed E-state index contributed by atoms with van der Waals surface area (Å²) in [4.78, 5) is 5.41. The van der Waals surface area contributed by atoms with Gasteiger partial charge in [-0.15, -0.1) is 0 Å². The number of hydrogen-bond acceptors (Lipinski definition) is 10. The molecule has 17 rings (SSSR count). The molecule has 3 fully saturated rings. The molecule has 5 heterocycles. The maximum Gasteiger partial charge on any atom is 0.268 e. The number of allylic oxidation sites excluding steroid dienone is 1. The van der Waals surface area contributed by atoms with Gasteiger partial charge in [-0.05, 0) is 241 Å². The Hall–Kier alpha value is -7.32. The third-order valence-electron chi connectivity index (χ3n) is 24.2. The van der Waals surface area contributed by atoms with E-state index in [0.29, 0.717) is 74.7 Å². The summed E-state index contributed by atoms with van der Waals surface area (Å²) in [6.07, 6.45) is 10.5. The number of phenols is 1. The second-order valence-electron chi connectivity index (χ2n) is 29.5. The molecule has 95 heavy (non-hydrogen) atoms. The third-order valence-corrected chi connectivity index (χ3v) is 25.4. The minimum Gasteiger partial charge on any atom is -0.508 e. The highest BCUT2D eigenvalue weighted by atomic mass is 32.2. The van der Waals surface area contributed by atoms with E-state index >= 15 is 0 Å². The smallest absolute Gasteiger partial charge is 0.268 e. The molecular formula is C81H90N4O9S. The number of guanidine groups is 1. The molecule has 0 aromatic heterocycles. The predicted octanol–water partition coefficient (Wildman–Crippen LogP) is 13.0. The molecule has 10 N–H and O–H groups in total. The Morgan fingerprint density at radius 2 is 1.56 bits per heavy atom. The van der Waals surface area contributed by atoms with E-state index < -0.39 is 62.6 Å². The van der Waals surface area contributed by atoms with Crippen LogP contribution in [0.15, 0.2) is 156 Å². The predicted molar refractivity (Wildman–Crippen MR) is 371 cm³/mol. The van der Waals surface area contributed by atoms with Crippen molar-refractivity contribution in [1.29, 1.82) is 0 Å². The monoisotopic (exact) mass is 1290 g/mol. The number of aliphatic hydroxyl groups excluding tert-OH is 2. The van der Waals surface area contributed by atoms with Crippen LogP contribution in [-0.4, -0.2) is 70.0 Å². The summed E-state index contributed by atoms with van der Waals surface area (Å²) in [5.41, 5.74) is 25.0. The van der Waals surface area contributed by atoms with Crippen LogP contribution in [-0.2, 0) is 59.2 Å². The van der Waals surface area contributed by atoms with Gasteiger partial charge in [0.25, 0.3) is 10.1 Å². The Labute approximate surface area is 559 Å². The van der Waals surface area contributed by atoms with E-state index in [9.17, 15) is 33.4 Å². The molecule has 7 aromatic carbocycles. The van der Waals surface area contributed by atoms with Crippen molar-refractivity contribution in [2.45, 2.75) is 169 Å². The lowest BCUT2D eigenvalue weighted by Gasteiger charge is -2.57. The second-order valence-corrected chi connectivity index (χ2v) is 31.2. The summed E-state index contributed by atoms with van der Waals surface area (Å²) in [5, 5.41) is 52.9. The summed E-state index contributed by atoms with van der Waals surface area (Å²) in [5.74, 6) is 4.49. The minimum absolute atomic E-state index is 0.00693. The number of benzene rings is 7. The fourth-order valence-corrected chi connectivity index (χ4v) is 20.9. The highest BCUT2D eigenvalue weighted by molar-refractivity contribution is 7.86. The van der Waals surface area contributed by atoms with Gasteiger partial charge in [0.2, 0.25) is 5.72 Å². The highest BCUT2D eigenvalue weighted by Crippen LogP contribution is 2.61. The van der Waals surface area contributed by atoms with Gasteiger partial charge in [-0.3, -0.25) is 4.55 Å². The fourth-order valence-electron chi connectivity index (χ4n) is 19.8. The molecule has 7 aromatic rings. The molecule has 13 nitrogen and oxygen atoms in total. The van der Waals surface area contributed by atoms with Gasteiger partial charge in [0, 0.05) is 60.4 Å². The molecule has 494 valence electrons. The summed E-state index contributed by atoms with van der Waals surface area (Å²) < 4.78 is 56.2. The highest BCUT2D eigenvalue weighted by Gasteiger charge is 2.60. The number of aliphatic imine (C=N–C) groups is 1. The van der Waals surface area contributed by atoms with Gasteiger partial charge in [0.05, 0.1) is 23.1 Å². The maximum atomic E-state index is 14.6. The molecule has 2 saturated carbocycles. The van der Waals surface area contributed by atoms with Gasteiger partial charge >= 0.3 is 0 Å². The van der Waals surface area contributed by atoms with Crippen molar-refractivity contribution in [1.82, 2.24) is 5.32 Å². The van der Waals surface area contributed by atoms with Crippen LogP contribution in [0.3, 0.4) is 0 Å². The molecule has 1 saturated heterocycles. The molecule has 5 aliphatic heterocycles. The van der Waals surface area contributed by atoms with Crippen LogP contribution < -0.4 is 21.5 Å². The van der Waals surface area contributed by atoms with Crippen LogP contribution in [0, 0.1) is 53.3 Å². The molecule has 0 unspecified atom stereocenters. The lowest BCUT2D eigenvalue weighted by Crippen LogP contribution is -2.60. The SMILES string of the molecule is CNCc1cc2ccccc2c2c1CCc1cc([C@@H]3CC[C@@H]4CC[C@@H]([C@@]5(N=C(N)N)Oc6ccc7c(c6)CC[C@@H](C)[C@@H]7C[C@@H](S(=O)(=O)O)[C@H]6C=C7C[C@H](C[C@H]8C[C@@H](CO)CC#Cc9cc(O)ccc9[C@@H]7O8)[C@@H]6c6ccc5cc6)[C@@H](Cc5ccccc5)[C@]4(O)C3)ccc1[C@H](O)C2. The number of hydrogen-bond donors (Lipinski definition) is 8. The first-order chi connectivity index (χ1) is 45.9. The molecule has 14 heteroatoms. The van der Waals surface area contributed by atoms with E-state index in [1.54, 1.807) is 12.1 Å². The topological polar surface area (TPSA) is 230 Å². The van der Waals surface area contributed by atoms with Gasteiger partial charge < -0.3 is 46.7 Å². The number of aliphatic hydroxyl groups is 3. The number of nitrogens with two attached hydrogens (primary N) is 2. The normalized spacial score (nSPS) is 31.6. The maximum absolute atomic E-state index is 14.6. The first kappa shape index (κ1) is 63.7. The van der Waals surface area contributed by atoms with Crippen molar-refractivity contribution >= 4 is 26.9 Å². The summed E-state index contributed by atoms with van der Waals surface area (Å²) in [6, 6.07) is 47.6. The van der Waals surface area contributed by atoms with Crippen molar-refractivity contribution in [3.63, 3.8) is 0 Å². The summed E-state index contributed by atoms with van der Waals surface area (Å²) in [6.45, 7) is 2.85. The molecule has 0 amide bonds. The van der Waals surface area contributed by atoms with Crippen LogP contribution in [0.25, 0.3) is 10.8 Å². The third kappa shape index (κ3) is 11.9. The van der Waals surface area contributed by atoms with Crippen molar-refractivity contribution < 1.29 is 42.9 Å². The van der Waals surface area contributed by atoms with Crippen molar-refractivity contribution in [2.24, 2.45) is 57.9 Å². The number of nitrogens with one attached hydrogen (secondary N) is 1. The zero-order valence-electron chi connectivity index (χ0n) is 54.5. The number of rotatable bonds is 9. The number of nitrogens with zero attached hydrogens (tertiary/aromatic N) is 1. The first-order valence-electron chi connectivity index (χ1n) is 35.0. The van der Waals surface area contributed by atoms with E-state index in [-0.39, 0.29) is 66.3 Å². The average molecular weight is 1300 g/mol. The number of aryl methyl sites for hydroxylation is 2. The summed E-state index contributed by atoms with van der Waals surface area (Å²) in [7, 11) is -2.74. The Morgan fingerprint density at radius 1 is 0.789 bits per heavy atom. The van der Waals surface area contributed by atoms with Gasteiger partial charge in [-0.1, -0.05) is 134 Å². The molecular weight excluding hydrogens is 1200 g/mol. The zero-order chi connectivity index (χ0) is 65.5. The van der Waals surface area contributed by atoms with Crippen LogP contribution in [0.5, 0.6) is 11.5 Å². The molecule has 5 aliphatic carbocycles. The van der Waals surface area contributed by atoms with Gasteiger partial charge in [-0.2, -0.15) is 8.42 Å². The van der Waals surface area contributed by atoms with E-state index in [0.717, 1.165) is 89.6 Å². The fraction of sp³-hybridized carbons (Fsp3) is 0.444. The molecule has 10 bridgehead atoms. The molecule has 10 aliphatic rings. The van der Waals surface area contributed by atoms with Crippen LogP contribution in [0.2, 0.25) is 0 Å². The first-order valence-corrected chi connectivity index (χ1v) is 36.5. The largest absolute Gasteiger partial charge is 0.508 e. The van der Waals surface area contributed by atoms with Gasteiger partial charge in [-0.25, -0.2) is 4.99 Å². The number of ether oxygens (including phenoxy) is 2. The Morgan fingerprint density at radius 3 is 2.36 bits per heavy atom. The standard InChI is InChI=1S/C81H90N4O9S/c1-47-15-16-55-39-63-27-31-66(55)70(47)43-76(95(90,91)92)72-41-58-37-57(40-64-33-49(46-86)11-8-13-53-38-62(87)26-30-69(53)78(58)93-64)77(72)50-17-23-61(24-18-50)81(94-63,85-79(82)83)73-32-25-60-22-19-56(44-80(60,89)74(73)34-48-9-4-3-5-10-48)51-20-29-68-54(35-51)21-28-67-59(45-84-2)36-52-12-6-7-14-65(52)71(67)42-75(68)88/h3-7,9-10,12,14,17-18,20,23-24,26-27,29-31,35-36,38-39,41,47,49,56-57,60,64,70,72-78,84,86-89H,11,15-16,19,21-22,25,28,32-34,37,40,42-46H2,1-2H3,(H4,82,83,85)(H,90,91,92)/t47-,49+,56-,57-,60-,64-,70+,72-,73-,74-,75-,76-,77+,78-,80+,81+/m1/s1. The number of phenolic OH excluding ortho intramolecular Hbond substituents is 1. The molecule has 0 radical (unpaired) electrons. The molecule has 0 spiro atoms. The number of aromatic hydroxyl groups is 1. The van der Waals surface area contributed by atoms with Gasteiger partial charge in [0.15, 0.2) is 5.96 Å². The zero-order valence-corrected chi connectivity index (χ0v) is 55.4. The second kappa shape index (κ2) is 25.6. The lowest BCUT2D eigenvalue weighted by molar-refractivity contribution is -0.177. The summed E-state index contributed by atoms with van der Waals surface area (Å²) >= 11 is 0. The Balaban J connectivity index is 0.856.